The molecule has 0 aromatic carbocycles. The van der Waals surface area contributed by atoms with Crippen LogP contribution in [0.1, 0.15) is 60.3 Å². The summed E-state index contributed by atoms with van der Waals surface area (Å²) in [5, 5.41) is 0. The molecule has 1 aliphatic rings. The van der Waals surface area contributed by atoms with Crippen molar-refractivity contribution in [1.29, 1.82) is 0 Å². The number of aromatic nitrogens is 1. The van der Waals surface area contributed by atoms with E-state index in [1.807, 2.05) is 18.9 Å². The second kappa shape index (κ2) is 6.32. The molecule has 0 saturated heterocycles. The van der Waals surface area contributed by atoms with Crippen LogP contribution in [0.25, 0.3) is 0 Å². The molecule has 0 aliphatic heterocycles. The highest BCUT2D eigenvalue weighted by Crippen LogP contribution is 2.23. The van der Waals surface area contributed by atoms with Crippen LogP contribution in [0.2, 0.25) is 0 Å². The normalized spacial score (nSPS) is 18.1. The second-order valence-corrected chi connectivity index (χ2v) is 6.04. The Labute approximate surface area is 113 Å². The Morgan fingerprint density at radius 1 is 1.28 bits per heavy atom. The van der Waals surface area contributed by atoms with Gasteiger partial charge in [0.05, 0.1) is 11.2 Å². The van der Waals surface area contributed by atoms with Gasteiger partial charge in [0.1, 0.15) is 4.88 Å². The molecular weight excluding hydrogens is 244 g/mol. The van der Waals surface area contributed by atoms with Crippen LogP contribution in [0.3, 0.4) is 0 Å². The zero-order valence-corrected chi connectivity index (χ0v) is 12.1. The Morgan fingerprint density at radius 3 is 2.44 bits per heavy atom. The van der Waals surface area contributed by atoms with Crippen molar-refractivity contribution >= 4 is 17.2 Å². The third kappa shape index (κ3) is 3.10. The Morgan fingerprint density at radius 2 is 1.89 bits per heavy atom. The molecular formula is C14H22N2OS. The van der Waals surface area contributed by atoms with E-state index in [1.54, 1.807) is 5.51 Å². The lowest BCUT2D eigenvalue weighted by Crippen LogP contribution is -2.37. The van der Waals surface area contributed by atoms with E-state index in [0.29, 0.717) is 6.04 Å². The van der Waals surface area contributed by atoms with Crippen LogP contribution in [-0.4, -0.2) is 28.9 Å². The minimum absolute atomic E-state index is 0.153. The predicted octanol–water partition coefficient (Wildman–Crippen LogP) is 3.64. The molecule has 1 aliphatic carbocycles. The van der Waals surface area contributed by atoms with Crippen molar-refractivity contribution in [3.8, 4) is 0 Å². The molecule has 4 heteroatoms. The molecule has 0 N–H and O–H groups in total. The lowest BCUT2D eigenvalue weighted by Gasteiger charge is -2.29. The van der Waals surface area contributed by atoms with Gasteiger partial charge in [-0.05, 0) is 19.8 Å². The number of amides is 1. The summed E-state index contributed by atoms with van der Waals surface area (Å²) >= 11 is 1.46. The van der Waals surface area contributed by atoms with Crippen molar-refractivity contribution in [3.05, 3.63) is 16.1 Å². The van der Waals surface area contributed by atoms with E-state index in [0.717, 1.165) is 23.4 Å². The minimum atomic E-state index is 0.153. The first-order valence-corrected chi connectivity index (χ1v) is 7.75. The maximum absolute atomic E-state index is 12.4. The van der Waals surface area contributed by atoms with E-state index in [1.165, 1.54) is 43.4 Å². The summed E-state index contributed by atoms with van der Waals surface area (Å²) in [6, 6.07) is 0.416. The van der Waals surface area contributed by atoms with E-state index in [2.05, 4.69) is 4.98 Å². The number of hydrogen-bond donors (Lipinski definition) is 0. The maximum atomic E-state index is 12.4. The third-order valence-electron chi connectivity index (χ3n) is 3.88. The average Bonchev–Trinajstić information content (AvgIpc) is 2.73. The highest BCUT2D eigenvalue weighted by atomic mass is 32.1. The van der Waals surface area contributed by atoms with Crippen LogP contribution in [0.4, 0.5) is 0 Å². The first-order chi connectivity index (χ1) is 8.70. The van der Waals surface area contributed by atoms with Crippen LogP contribution in [0, 0.1) is 6.92 Å². The van der Waals surface area contributed by atoms with Crippen LogP contribution >= 0.6 is 11.3 Å². The van der Waals surface area contributed by atoms with Crippen molar-refractivity contribution in [2.24, 2.45) is 0 Å². The highest BCUT2D eigenvalue weighted by molar-refractivity contribution is 7.11. The van der Waals surface area contributed by atoms with Gasteiger partial charge in [-0.1, -0.05) is 32.1 Å². The van der Waals surface area contributed by atoms with E-state index < -0.39 is 0 Å². The van der Waals surface area contributed by atoms with Gasteiger partial charge in [0, 0.05) is 13.1 Å². The molecule has 0 spiro atoms. The summed E-state index contributed by atoms with van der Waals surface area (Å²) in [5.41, 5.74) is 2.62. The molecule has 0 atom stereocenters. The number of carbonyl (C=O) groups is 1. The van der Waals surface area contributed by atoms with Gasteiger partial charge in [-0.25, -0.2) is 4.98 Å². The molecule has 1 fully saturated rings. The number of hydrogen-bond acceptors (Lipinski definition) is 3. The Hall–Kier alpha value is -0.900. The van der Waals surface area contributed by atoms with Crippen molar-refractivity contribution in [2.75, 3.05) is 7.05 Å². The Kier molecular flexibility index (Phi) is 4.75. The molecule has 1 heterocycles. The second-order valence-electron chi connectivity index (χ2n) is 5.18. The van der Waals surface area contributed by atoms with Gasteiger partial charge < -0.3 is 4.90 Å². The number of thiazole rings is 1. The fraction of sp³-hybridized carbons (Fsp3) is 0.714. The fourth-order valence-electron chi connectivity index (χ4n) is 2.66. The minimum Gasteiger partial charge on any atom is -0.338 e. The molecule has 0 bridgehead atoms. The third-order valence-corrected chi connectivity index (χ3v) is 4.80. The standard InChI is InChI=1S/C14H22N2OS/c1-11-13(18-10-15-11)14(17)16(2)12-8-6-4-3-5-7-9-12/h10,12H,3-9H2,1-2H3. The van der Waals surface area contributed by atoms with E-state index in [9.17, 15) is 4.79 Å². The number of rotatable bonds is 2. The SMILES string of the molecule is Cc1ncsc1C(=O)N(C)C1CCCCCCC1. The smallest absolute Gasteiger partial charge is 0.265 e. The summed E-state index contributed by atoms with van der Waals surface area (Å²) in [6.07, 6.45) is 8.81. The first-order valence-electron chi connectivity index (χ1n) is 6.87. The molecule has 1 saturated carbocycles. The average molecular weight is 266 g/mol. The van der Waals surface area contributed by atoms with Crippen LogP contribution in [0.5, 0.6) is 0 Å². The maximum Gasteiger partial charge on any atom is 0.265 e. The van der Waals surface area contributed by atoms with Gasteiger partial charge in [0.2, 0.25) is 0 Å². The van der Waals surface area contributed by atoms with Crippen molar-refractivity contribution in [1.82, 2.24) is 9.88 Å². The Bertz CT molecular complexity index is 394. The largest absolute Gasteiger partial charge is 0.338 e. The summed E-state index contributed by atoms with van der Waals surface area (Å²) in [5.74, 6) is 0.153. The number of aryl methyl sites for hydroxylation is 1. The van der Waals surface area contributed by atoms with Crippen LogP contribution in [-0.2, 0) is 0 Å². The number of carbonyl (C=O) groups excluding carboxylic acids is 1. The molecule has 3 nitrogen and oxygen atoms in total. The molecule has 1 aromatic heterocycles. The lowest BCUT2D eigenvalue weighted by atomic mass is 9.96. The van der Waals surface area contributed by atoms with Gasteiger partial charge in [0.15, 0.2) is 0 Å². The molecule has 1 aromatic rings. The summed E-state index contributed by atoms with van der Waals surface area (Å²) in [6.45, 7) is 1.91. The van der Waals surface area contributed by atoms with Crippen molar-refractivity contribution in [3.63, 3.8) is 0 Å². The molecule has 18 heavy (non-hydrogen) atoms. The molecule has 0 radical (unpaired) electrons. The first kappa shape index (κ1) is 13.5. The quantitative estimate of drug-likeness (QED) is 0.819. The topological polar surface area (TPSA) is 33.2 Å². The predicted molar refractivity (Wildman–Crippen MR) is 75.1 cm³/mol. The van der Waals surface area contributed by atoms with Gasteiger partial charge in [-0.15, -0.1) is 11.3 Å². The van der Waals surface area contributed by atoms with Gasteiger partial charge in [-0.2, -0.15) is 0 Å². The van der Waals surface area contributed by atoms with E-state index >= 15 is 0 Å². The fourth-order valence-corrected chi connectivity index (χ4v) is 3.44. The van der Waals surface area contributed by atoms with E-state index in [4.69, 9.17) is 0 Å². The van der Waals surface area contributed by atoms with Gasteiger partial charge in [-0.3, -0.25) is 4.79 Å². The van der Waals surface area contributed by atoms with E-state index in [-0.39, 0.29) is 5.91 Å². The van der Waals surface area contributed by atoms with Gasteiger partial charge in [0.25, 0.3) is 5.91 Å². The monoisotopic (exact) mass is 266 g/mol. The summed E-state index contributed by atoms with van der Waals surface area (Å²) in [4.78, 5) is 19.3. The summed E-state index contributed by atoms with van der Waals surface area (Å²) < 4.78 is 0. The van der Waals surface area contributed by atoms with Crippen LogP contribution < -0.4 is 0 Å². The zero-order chi connectivity index (χ0) is 13.0. The Balaban J connectivity index is 2.02. The van der Waals surface area contributed by atoms with Gasteiger partial charge >= 0.3 is 0 Å². The van der Waals surface area contributed by atoms with Crippen molar-refractivity contribution < 1.29 is 4.79 Å². The molecule has 2 rings (SSSR count). The van der Waals surface area contributed by atoms with Crippen molar-refractivity contribution in [2.45, 2.75) is 57.9 Å². The lowest BCUT2D eigenvalue weighted by molar-refractivity contribution is 0.0711. The van der Waals surface area contributed by atoms with Crippen LogP contribution in [0.15, 0.2) is 5.51 Å². The molecule has 1 amide bonds. The molecule has 0 unspecified atom stereocenters. The highest BCUT2D eigenvalue weighted by Gasteiger charge is 2.23. The number of nitrogens with zero attached hydrogens (tertiary/aromatic N) is 2. The molecule has 100 valence electrons. The summed E-state index contributed by atoms with van der Waals surface area (Å²) in [7, 11) is 1.95. The zero-order valence-electron chi connectivity index (χ0n) is 11.3.